The Morgan fingerprint density at radius 3 is 2.18 bits per heavy atom. The normalized spacial score (nSPS) is 24.8. The summed E-state index contributed by atoms with van der Waals surface area (Å²) in [5.74, 6) is 0.701. The predicted octanol–water partition coefficient (Wildman–Crippen LogP) is 1.83. The average Bonchev–Trinajstić information content (AvgIpc) is 3.03. The Hall–Kier alpha value is -2.65. The number of imide groups is 1. The van der Waals surface area contributed by atoms with Gasteiger partial charge in [0.15, 0.2) is 0 Å². The van der Waals surface area contributed by atoms with Crippen molar-refractivity contribution in [1.29, 1.82) is 0 Å². The molecule has 3 aliphatic rings. The maximum absolute atomic E-state index is 13.3. The van der Waals surface area contributed by atoms with E-state index in [-0.39, 0.29) is 24.5 Å². The first-order valence-electron chi connectivity index (χ1n) is 12.5. The van der Waals surface area contributed by atoms with Gasteiger partial charge < -0.3 is 15.0 Å². The van der Waals surface area contributed by atoms with Gasteiger partial charge >= 0.3 is 6.03 Å². The molecule has 0 radical (unpaired) electrons. The van der Waals surface area contributed by atoms with Gasteiger partial charge in [0.25, 0.3) is 5.91 Å². The van der Waals surface area contributed by atoms with Crippen LogP contribution in [-0.4, -0.2) is 96.5 Å². The Morgan fingerprint density at radius 2 is 1.56 bits per heavy atom. The molecule has 0 bridgehead atoms. The molecule has 1 aromatic carbocycles. The number of amides is 4. The molecule has 9 heteroatoms. The fourth-order valence-electron chi connectivity index (χ4n) is 4.97. The highest BCUT2D eigenvalue weighted by atomic mass is 16.5. The highest BCUT2D eigenvalue weighted by molar-refractivity contribution is 6.07. The zero-order valence-corrected chi connectivity index (χ0v) is 20.4. The molecule has 3 heterocycles. The highest BCUT2D eigenvalue weighted by Gasteiger charge is 2.49. The SMILES string of the molecule is CCOc1ccc([C@@]2(C)NC(=O)N(CN3CCN(CC(=O)N4CCCCCC4)CC3)C2=O)cc1. The van der Waals surface area contributed by atoms with Gasteiger partial charge in [-0.25, -0.2) is 9.69 Å². The van der Waals surface area contributed by atoms with Gasteiger partial charge in [-0.15, -0.1) is 0 Å². The lowest BCUT2D eigenvalue weighted by atomic mass is 9.92. The van der Waals surface area contributed by atoms with Crippen molar-refractivity contribution < 1.29 is 19.1 Å². The number of hydrogen-bond acceptors (Lipinski definition) is 6. The van der Waals surface area contributed by atoms with E-state index in [0.717, 1.165) is 50.3 Å². The maximum Gasteiger partial charge on any atom is 0.326 e. The van der Waals surface area contributed by atoms with Crippen molar-refractivity contribution in [3.63, 3.8) is 0 Å². The molecule has 0 saturated carbocycles. The third-order valence-electron chi connectivity index (χ3n) is 7.14. The number of urea groups is 1. The maximum atomic E-state index is 13.3. The van der Waals surface area contributed by atoms with Crippen LogP contribution in [0.2, 0.25) is 0 Å². The zero-order chi connectivity index (χ0) is 24.1. The van der Waals surface area contributed by atoms with Crippen molar-refractivity contribution >= 4 is 17.8 Å². The Labute approximate surface area is 202 Å². The molecular formula is C25H37N5O4. The summed E-state index contributed by atoms with van der Waals surface area (Å²) >= 11 is 0. The minimum Gasteiger partial charge on any atom is -0.494 e. The monoisotopic (exact) mass is 471 g/mol. The van der Waals surface area contributed by atoms with Crippen LogP contribution in [0.3, 0.4) is 0 Å². The fourth-order valence-corrected chi connectivity index (χ4v) is 4.97. The number of likely N-dealkylation sites (tertiary alicyclic amines) is 1. The molecule has 3 saturated heterocycles. The van der Waals surface area contributed by atoms with E-state index >= 15 is 0 Å². The van der Waals surface area contributed by atoms with Crippen molar-refractivity contribution in [2.45, 2.75) is 45.1 Å². The van der Waals surface area contributed by atoms with Gasteiger partial charge in [-0.2, -0.15) is 0 Å². The van der Waals surface area contributed by atoms with Crippen molar-refractivity contribution in [3.05, 3.63) is 29.8 Å². The topological polar surface area (TPSA) is 85.4 Å². The van der Waals surface area contributed by atoms with Gasteiger partial charge in [0.05, 0.1) is 19.8 Å². The number of piperazine rings is 1. The average molecular weight is 472 g/mol. The second-order valence-corrected chi connectivity index (χ2v) is 9.58. The summed E-state index contributed by atoms with van der Waals surface area (Å²) in [5.41, 5.74) is -0.364. The molecule has 3 aliphatic heterocycles. The molecule has 1 aromatic rings. The molecule has 0 unspecified atom stereocenters. The van der Waals surface area contributed by atoms with Crippen LogP contribution in [0.15, 0.2) is 24.3 Å². The number of carbonyl (C=O) groups is 3. The summed E-state index contributed by atoms with van der Waals surface area (Å²) in [6.45, 7) is 9.61. The zero-order valence-electron chi connectivity index (χ0n) is 20.4. The van der Waals surface area contributed by atoms with E-state index in [4.69, 9.17) is 4.74 Å². The van der Waals surface area contributed by atoms with Crippen molar-refractivity contribution in [2.24, 2.45) is 0 Å². The van der Waals surface area contributed by atoms with Crippen LogP contribution >= 0.6 is 0 Å². The van der Waals surface area contributed by atoms with E-state index in [1.54, 1.807) is 6.92 Å². The number of hydrogen-bond donors (Lipinski definition) is 1. The fraction of sp³-hybridized carbons (Fsp3) is 0.640. The molecular weight excluding hydrogens is 434 g/mol. The van der Waals surface area contributed by atoms with E-state index < -0.39 is 5.54 Å². The summed E-state index contributed by atoms with van der Waals surface area (Å²) in [5, 5.41) is 2.87. The summed E-state index contributed by atoms with van der Waals surface area (Å²) in [4.78, 5) is 46.3. The van der Waals surface area contributed by atoms with Gasteiger partial charge in [0.1, 0.15) is 11.3 Å². The molecule has 1 N–H and O–H groups in total. The number of ether oxygens (including phenoxy) is 1. The summed E-state index contributed by atoms with van der Waals surface area (Å²) in [7, 11) is 0. The summed E-state index contributed by atoms with van der Waals surface area (Å²) < 4.78 is 5.48. The van der Waals surface area contributed by atoms with Crippen LogP contribution in [0.5, 0.6) is 5.75 Å². The molecule has 34 heavy (non-hydrogen) atoms. The van der Waals surface area contributed by atoms with E-state index in [9.17, 15) is 14.4 Å². The first kappa shape index (κ1) is 24.5. The largest absolute Gasteiger partial charge is 0.494 e. The second kappa shape index (κ2) is 10.7. The lowest BCUT2D eigenvalue weighted by molar-refractivity contribution is -0.133. The Bertz CT molecular complexity index is 876. The van der Waals surface area contributed by atoms with Gasteiger partial charge in [-0.3, -0.25) is 19.4 Å². The van der Waals surface area contributed by atoms with Gasteiger partial charge in [0, 0.05) is 39.3 Å². The lowest BCUT2D eigenvalue weighted by Crippen LogP contribution is -2.53. The standard InChI is InChI=1S/C25H37N5O4/c1-3-34-21-10-8-20(9-11-21)25(2)23(32)30(24(33)26-25)19-28-16-14-27(15-17-28)18-22(31)29-12-6-4-5-7-13-29/h8-11H,3-7,12-19H2,1-2H3,(H,26,33)/t25-/m1/s1. The van der Waals surface area contributed by atoms with E-state index in [0.29, 0.717) is 26.2 Å². The number of carbonyl (C=O) groups excluding carboxylic acids is 3. The van der Waals surface area contributed by atoms with E-state index in [1.165, 1.54) is 17.7 Å². The summed E-state index contributed by atoms with van der Waals surface area (Å²) in [6, 6.07) is 6.91. The molecule has 0 aromatic heterocycles. The molecule has 4 rings (SSSR count). The number of nitrogens with one attached hydrogen (secondary N) is 1. The van der Waals surface area contributed by atoms with Gasteiger partial charge in [0.2, 0.25) is 5.91 Å². The predicted molar refractivity (Wildman–Crippen MR) is 128 cm³/mol. The molecule has 3 fully saturated rings. The Kier molecular flexibility index (Phi) is 7.73. The Balaban J connectivity index is 1.29. The number of nitrogens with zero attached hydrogens (tertiary/aromatic N) is 4. The van der Waals surface area contributed by atoms with Gasteiger partial charge in [-0.05, 0) is 44.4 Å². The first-order chi connectivity index (χ1) is 16.4. The minimum absolute atomic E-state index is 0.218. The van der Waals surface area contributed by atoms with Crippen LogP contribution in [-0.2, 0) is 15.1 Å². The highest BCUT2D eigenvalue weighted by Crippen LogP contribution is 2.30. The molecule has 4 amide bonds. The minimum atomic E-state index is -1.09. The van der Waals surface area contributed by atoms with Gasteiger partial charge in [-0.1, -0.05) is 25.0 Å². The number of rotatable bonds is 7. The summed E-state index contributed by atoms with van der Waals surface area (Å²) in [6.07, 6.45) is 4.62. The Morgan fingerprint density at radius 1 is 0.941 bits per heavy atom. The van der Waals surface area contributed by atoms with Crippen molar-refractivity contribution in [1.82, 2.24) is 24.9 Å². The van der Waals surface area contributed by atoms with E-state index in [2.05, 4.69) is 15.1 Å². The van der Waals surface area contributed by atoms with Crippen LogP contribution in [0, 0.1) is 0 Å². The quantitative estimate of drug-likeness (QED) is 0.611. The number of benzene rings is 1. The smallest absolute Gasteiger partial charge is 0.326 e. The molecule has 9 nitrogen and oxygen atoms in total. The van der Waals surface area contributed by atoms with Crippen molar-refractivity contribution in [3.8, 4) is 5.75 Å². The van der Waals surface area contributed by atoms with Crippen LogP contribution < -0.4 is 10.1 Å². The molecule has 0 aliphatic carbocycles. The molecule has 0 spiro atoms. The van der Waals surface area contributed by atoms with Crippen LogP contribution in [0.1, 0.15) is 45.1 Å². The lowest BCUT2D eigenvalue weighted by Gasteiger charge is -2.36. The second-order valence-electron chi connectivity index (χ2n) is 9.58. The first-order valence-corrected chi connectivity index (χ1v) is 12.5. The third-order valence-corrected chi connectivity index (χ3v) is 7.14. The van der Waals surface area contributed by atoms with Crippen molar-refractivity contribution in [2.75, 3.05) is 59.1 Å². The third kappa shape index (κ3) is 5.36. The van der Waals surface area contributed by atoms with E-state index in [1.807, 2.05) is 36.1 Å². The molecule has 1 atom stereocenters. The van der Waals surface area contributed by atoms with Crippen LogP contribution in [0.4, 0.5) is 4.79 Å². The molecule has 186 valence electrons. The van der Waals surface area contributed by atoms with Crippen LogP contribution in [0.25, 0.3) is 0 Å².